The Labute approximate surface area is 147 Å². The molecule has 1 unspecified atom stereocenters. The van der Waals surface area contributed by atoms with Crippen molar-refractivity contribution < 1.29 is 9.21 Å². The Morgan fingerprint density at radius 3 is 2.88 bits per heavy atom. The van der Waals surface area contributed by atoms with Gasteiger partial charge in [-0.15, -0.1) is 11.3 Å². The predicted molar refractivity (Wildman–Crippen MR) is 97.6 cm³/mol. The van der Waals surface area contributed by atoms with Crippen molar-refractivity contribution in [2.24, 2.45) is 5.92 Å². The molecule has 4 nitrogen and oxygen atoms in total. The zero-order chi connectivity index (χ0) is 16.4. The van der Waals surface area contributed by atoms with E-state index in [9.17, 15) is 4.79 Å². The average Bonchev–Trinajstić information content (AvgIpc) is 3.21. The monoisotopic (exact) mass is 346 g/mol. The molecule has 2 aromatic heterocycles. The zero-order valence-electron chi connectivity index (χ0n) is 14.1. The van der Waals surface area contributed by atoms with Crippen LogP contribution in [0.2, 0.25) is 0 Å². The lowest BCUT2D eigenvalue weighted by atomic mass is 10.00. The Bertz CT molecular complexity index is 656. The molecule has 5 heteroatoms. The van der Waals surface area contributed by atoms with E-state index < -0.39 is 0 Å². The third-order valence-electron chi connectivity index (χ3n) is 5.46. The standard InChI is InChI=1S/C19H26N2O2S/c22-19(18-11-16-17(24-18)8-10-23-16)20-15-7-9-21(13-15)12-14-5-3-1-2-4-6-14/h8,10-11,14-15H,1-7,9,12-13H2,(H,20,22). The quantitative estimate of drug-likeness (QED) is 0.841. The number of hydrogen-bond donors (Lipinski definition) is 1. The second-order valence-electron chi connectivity index (χ2n) is 7.34. The lowest BCUT2D eigenvalue weighted by molar-refractivity contribution is 0.0941. The Morgan fingerprint density at radius 1 is 1.25 bits per heavy atom. The highest BCUT2D eigenvalue weighted by molar-refractivity contribution is 7.20. The van der Waals surface area contributed by atoms with Gasteiger partial charge in [0.25, 0.3) is 5.91 Å². The second-order valence-corrected chi connectivity index (χ2v) is 8.42. The highest BCUT2D eigenvalue weighted by Crippen LogP contribution is 2.27. The van der Waals surface area contributed by atoms with Crippen molar-refractivity contribution >= 4 is 27.5 Å². The molecule has 2 aliphatic rings. The van der Waals surface area contributed by atoms with Gasteiger partial charge in [0.15, 0.2) is 0 Å². The summed E-state index contributed by atoms with van der Waals surface area (Å²) >= 11 is 1.51. The van der Waals surface area contributed by atoms with Crippen molar-refractivity contribution in [3.63, 3.8) is 0 Å². The Morgan fingerprint density at radius 2 is 2.08 bits per heavy atom. The number of hydrogen-bond acceptors (Lipinski definition) is 4. The Hall–Kier alpha value is -1.33. The smallest absolute Gasteiger partial charge is 0.261 e. The summed E-state index contributed by atoms with van der Waals surface area (Å²) in [5, 5.41) is 3.21. The van der Waals surface area contributed by atoms with Crippen LogP contribution in [0.4, 0.5) is 0 Å². The number of fused-ring (bicyclic) bond motifs is 1. The summed E-state index contributed by atoms with van der Waals surface area (Å²) in [7, 11) is 0. The van der Waals surface area contributed by atoms with Crippen molar-refractivity contribution in [2.45, 2.75) is 51.0 Å². The number of carbonyl (C=O) groups excluding carboxylic acids is 1. The van der Waals surface area contributed by atoms with E-state index in [-0.39, 0.29) is 11.9 Å². The van der Waals surface area contributed by atoms with E-state index in [1.807, 2.05) is 12.1 Å². The van der Waals surface area contributed by atoms with Gasteiger partial charge in [-0.1, -0.05) is 25.7 Å². The molecular weight excluding hydrogens is 320 g/mol. The summed E-state index contributed by atoms with van der Waals surface area (Å²) in [4.78, 5) is 15.8. The fourth-order valence-corrected chi connectivity index (χ4v) is 5.05. The van der Waals surface area contributed by atoms with Crippen LogP contribution in [0.15, 0.2) is 22.8 Å². The molecule has 0 bridgehead atoms. The van der Waals surface area contributed by atoms with Crippen LogP contribution in [0, 0.1) is 5.92 Å². The third-order valence-corrected chi connectivity index (χ3v) is 6.54. The molecule has 1 atom stereocenters. The molecular formula is C19H26N2O2S. The molecule has 1 aliphatic carbocycles. The summed E-state index contributed by atoms with van der Waals surface area (Å²) < 4.78 is 6.40. The highest BCUT2D eigenvalue weighted by atomic mass is 32.1. The lowest BCUT2D eigenvalue weighted by Crippen LogP contribution is -2.37. The molecule has 1 saturated carbocycles. The summed E-state index contributed by atoms with van der Waals surface area (Å²) in [5.74, 6) is 0.916. The molecule has 1 amide bonds. The van der Waals surface area contributed by atoms with Crippen LogP contribution >= 0.6 is 11.3 Å². The van der Waals surface area contributed by atoms with Gasteiger partial charge in [-0.2, -0.15) is 0 Å². The van der Waals surface area contributed by atoms with E-state index in [1.54, 1.807) is 6.26 Å². The number of likely N-dealkylation sites (tertiary alicyclic amines) is 1. The highest BCUT2D eigenvalue weighted by Gasteiger charge is 2.27. The first-order chi connectivity index (χ1) is 11.8. The number of amides is 1. The summed E-state index contributed by atoms with van der Waals surface area (Å²) in [6, 6.07) is 4.06. The van der Waals surface area contributed by atoms with Gasteiger partial charge in [-0.05, 0) is 31.2 Å². The van der Waals surface area contributed by atoms with E-state index in [4.69, 9.17) is 4.42 Å². The fourth-order valence-electron chi connectivity index (χ4n) is 4.16. The summed E-state index contributed by atoms with van der Waals surface area (Å²) in [5.41, 5.74) is 0.812. The van der Waals surface area contributed by atoms with Gasteiger partial charge in [-0.3, -0.25) is 4.79 Å². The molecule has 1 N–H and O–H groups in total. The molecule has 3 heterocycles. The van der Waals surface area contributed by atoms with Crippen LogP contribution in [0.1, 0.15) is 54.6 Å². The minimum absolute atomic E-state index is 0.0488. The SMILES string of the molecule is O=C(NC1CCN(CC2CCCCCC2)C1)c1cc2occc2s1. The van der Waals surface area contributed by atoms with Crippen molar-refractivity contribution in [3.05, 3.63) is 23.3 Å². The van der Waals surface area contributed by atoms with Crippen LogP contribution < -0.4 is 5.32 Å². The molecule has 0 radical (unpaired) electrons. The van der Waals surface area contributed by atoms with Gasteiger partial charge in [0.2, 0.25) is 0 Å². The van der Waals surface area contributed by atoms with Crippen molar-refractivity contribution in [2.75, 3.05) is 19.6 Å². The van der Waals surface area contributed by atoms with E-state index >= 15 is 0 Å². The van der Waals surface area contributed by atoms with Crippen LogP contribution in [-0.4, -0.2) is 36.5 Å². The van der Waals surface area contributed by atoms with Gasteiger partial charge < -0.3 is 14.6 Å². The maximum atomic E-state index is 12.4. The normalized spacial score (nSPS) is 23.6. The summed E-state index contributed by atoms with van der Waals surface area (Å²) in [6.07, 6.45) is 11.2. The molecule has 2 aromatic rings. The lowest BCUT2D eigenvalue weighted by Gasteiger charge is -2.22. The second kappa shape index (κ2) is 7.28. The number of rotatable bonds is 4. The Balaban J connectivity index is 1.28. The molecule has 1 saturated heterocycles. The number of carbonyl (C=O) groups is 1. The van der Waals surface area contributed by atoms with Gasteiger partial charge >= 0.3 is 0 Å². The number of nitrogens with zero attached hydrogens (tertiary/aromatic N) is 1. The van der Waals surface area contributed by atoms with Gasteiger partial charge in [-0.25, -0.2) is 0 Å². The predicted octanol–water partition coefficient (Wildman–Crippen LogP) is 4.27. The molecule has 2 fully saturated rings. The minimum Gasteiger partial charge on any atom is -0.463 e. The van der Waals surface area contributed by atoms with Crippen LogP contribution in [0.25, 0.3) is 10.3 Å². The molecule has 24 heavy (non-hydrogen) atoms. The first-order valence-corrected chi connectivity index (χ1v) is 10.1. The minimum atomic E-state index is 0.0488. The average molecular weight is 346 g/mol. The molecule has 4 rings (SSSR count). The van der Waals surface area contributed by atoms with Gasteiger partial charge in [0.05, 0.1) is 15.8 Å². The number of furan rings is 1. The van der Waals surface area contributed by atoms with Crippen LogP contribution in [0.5, 0.6) is 0 Å². The third kappa shape index (κ3) is 3.67. The van der Waals surface area contributed by atoms with Crippen molar-refractivity contribution in [1.82, 2.24) is 10.2 Å². The first kappa shape index (κ1) is 16.2. The molecule has 1 aliphatic heterocycles. The van der Waals surface area contributed by atoms with E-state index in [0.29, 0.717) is 0 Å². The van der Waals surface area contributed by atoms with Gasteiger partial charge in [0, 0.05) is 31.7 Å². The van der Waals surface area contributed by atoms with E-state index in [0.717, 1.165) is 40.6 Å². The van der Waals surface area contributed by atoms with Gasteiger partial charge in [0.1, 0.15) is 5.58 Å². The largest absolute Gasteiger partial charge is 0.463 e. The van der Waals surface area contributed by atoms with E-state index in [1.165, 1.54) is 56.4 Å². The summed E-state index contributed by atoms with van der Waals surface area (Å²) in [6.45, 7) is 3.34. The fraction of sp³-hybridized carbons (Fsp3) is 0.632. The van der Waals surface area contributed by atoms with E-state index in [2.05, 4.69) is 10.2 Å². The van der Waals surface area contributed by atoms with Crippen LogP contribution in [0.3, 0.4) is 0 Å². The first-order valence-electron chi connectivity index (χ1n) is 9.28. The topological polar surface area (TPSA) is 45.5 Å². The Kier molecular flexibility index (Phi) is 4.90. The molecule has 130 valence electrons. The van der Waals surface area contributed by atoms with Crippen molar-refractivity contribution in [3.8, 4) is 0 Å². The maximum Gasteiger partial charge on any atom is 0.261 e. The van der Waals surface area contributed by atoms with Crippen LogP contribution in [-0.2, 0) is 0 Å². The maximum absolute atomic E-state index is 12.4. The number of thiophene rings is 1. The molecule has 0 aromatic carbocycles. The zero-order valence-corrected chi connectivity index (χ0v) is 14.9. The molecule has 0 spiro atoms. The number of nitrogens with one attached hydrogen (secondary N) is 1. The van der Waals surface area contributed by atoms with Crippen molar-refractivity contribution in [1.29, 1.82) is 0 Å².